The minimum absolute atomic E-state index is 0.141. The van der Waals surface area contributed by atoms with Gasteiger partial charge in [0.2, 0.25) is 5.91 Å². The number of carbonyl (C=O) groups is 1. The number of aromatic nitrogens is 3. The molecular weight excluding hydrogens is 432 g/mol. The maximum Gasteiger partial charge on any atom is 0.266 e. The van der Waals surface area contributed by atoms with Crippen LogP contribution in [0, 0.1) is 0 Å². The number of carbonyl (C=O) groups excluding carboxylic acids is 1. The molecule has 1 atom stereocenters. The van der Waals surface area contributed by atoms with Crippen LogP contribution in [0.25, 0.3) is 16.6 Å². The first kappa shape index (κ1) is 22.7. The molecular formula is C26H26N4O2S. The smallest absolute Gasteiger partial charge is 0.266 e. The number of amides is 1. The normalized spacial score (nSPS) is 11.9. The molecule has 0 radical (unpaired) electrons. The van der Waals surface area contributed by atoms with Crippen LogP contribution in [0.5, 0.6) is 0 Å². The van der Waals surface area contributed by atoms with Crippen LogP contribution in [0.3, 0.4) is 0 Å². The lowest BCUT2D eigenvalue weighted by Gasteiger charge is -2.15. The summed E-state index contributed by atoms with van der Waals surface area (Å²) in [5.41, 5.74) is 3.23. The largest absolute Gasteiger partial charge is 0.350 e. The minimum Gasteiger partial charge on any atom is -0.350 e. The predicted octanol–water partition coefficient (Wildman–Crippen LogP) is 4.70. The fourth-order valence-electron chi connectivity index (χ4n) is 3.50. The lowest BCUT2D eigenvalue weighted by molar-refractivity contribution is -0.118. The zero-order valence-corrected chi connectivity index (χ0v) is 19.5. The Morgan fingerprint density at radius 2 is 1.82 bits per heavy atom. The highest BCUT2D eigenvalue weighted by Crippen LogP contribution is 2.24. The van der Waals surface area contributed by atoms with Crippen molar-refractivity contribution in [1.29, 1.82) is 0 Å². The summed E-state index contributed by atoms with van der Waals surface area (Å²) >= 11 is 1.25. The van der Waals surface area contributed by atoms with E-state index in [1.54, 1.807) is 16.8 Å². The average Bonchev–Trinajstić information content (AvgIpc) is 2.86. The quantitative estimate of drug-likeness (QED) is 0.306. The Morgan fingerprint density at radius 1 is 1.06 bits per heavy atom. The second kappa shape index (κ2) is 10.4. The van der Waals surface area contributed by atoms with E-state index in [0.29, 0.717) is 28.5 Å². The highest BCUT2D eigenvalue weighted by molar-refractivity contribution is 7.99. The molecule has 0 saturated heterocycles. The molecule has 2 aromatic heterocycles. The van der Waals surface area contributed by atoms with Crippen LogP contribution in [-0.4, -0.2) is 26.2 Å². The highest BCUT2D eigenvalue weighted by Gasteiger charge is 2.15. The number of hydrogen-bond donors (Lipinski definition) is 1. The number of hydrogen-bond acceptors (Lipinski definition) is 5. The number of fused-ring (bicyclic) bond motifs is 1. The second-order valence-corrected chi connectivity index (χ2v) is 8.78. The van der Waals surface area contributed by atoms with E-state index in [-0.39, 0.29) is 17.2 Å². The van der Waals surface area contributed by atoms with Crippen molar-refractivity contribution in [2.45, 2.75) is 37.9 Å². The van der Waals surface area contributed by atoms with E-state index >= 15 is 0 Å². The molecule has 4 aromatic rings. The first-order valence-corrected chi connectivity index (χ1v) is 12.0. The van der Waals surface area contributed by atoms with E-state index in [0.717, 1.165) is 17.8 Å². The van der Waals surface area contributed by atoms with Crippen molar-refractivity contribution in [2.75, 3.05) is 5.75 Å². The molecule has 6 nitrogen and oxygen atoms in total. The number of benzene rings is 2. The van der Waals surface area contributed by atoms with Crippen LogP contribution >= 0.6 is 11.8 Å². The molecule has 1 amide bonds. The number of pyridine rings is 1. The van der Waals surface area contributed by atoms with Gasteiger partial charge in [0.15, 0.2) is 5.16 Å². The van der Waals surface area contributed by atoms with Gasteiger partial charge in [-0.05, 0) is 54.3 Å². The van der Waals surface area contributed by atoms with Gasteiger partial charge in [-0.25, -0.2) is 4.98 Å². The van der Waals surface area contributed by atoms with E-state index in [1.807, 2.05) is 48.5 Å². The molecule has 168 valence electrons. The molecule has 0 aliphatic carbocycles. The van der Waals surface area contributed by atoms with E-state index in [2.05, 4.69) is 36.3 Å². The lowest BCUT2D eigenvalue weighted by Crippen LogP contribution is -2.26. The van der Waals surface area contributed by atoms with Crippen LogP contribution in [-0.2, 0) is 11.3 Å². The van der Waals surface area contributed by atoms with Crippen molar-refractivity contribution >= 4 is 28.6 Å². The van der Waals surface area contributed by atoms with Crippen molar-refractivity contribution in [3.63, 3.8) is 0 Å². The second-order valence-electron chi connectivity index (χ2n) is 7.84. The van der Waals surface area contributed by atoms with E-state index < -0.39 is 0 Å². The predicted molar refractivity (Wildman–Crippen MR) is 133 cm³/mol. The Kier molecular flexibility index (Phi) is 7.19. The van der Waals surface area contributed by atoms with E-state index in [9.17, 15) is 9.59 Å². The summed E-state index contributed by atoms with van der Waals surface area (Å²) in [4.78, 5) is 34.8. The van der Waals surface area contributed by atoms with Gasteiger partial charge in [-0.2, -0.15) is 0 Å². The fourth-order valence-corrected chi connectivity index (χ4v) is 4.34. The van der Waals surface area contributed by atoms with Crippen molar-refractivity contribution in [1.82, 2.24) is 19.9 Å². The Balaban J connectivity index is 1.61. The Hall–Kier alpha value is -3.45. The minimum atomic E-state index is -0.147. The van der Waals surface area contributed by atoms with Crippen molar-refractivity contribution in [3.8, 4) is 5.69 Å². The third-order valence-electron chi connectivity index (χ3n) is 5.60. The van der Waals surface area contributed by atoms with Gasteiger partial charge in [-0.1, -0.05) is 55.9 Å². The average molecular weight is 459 g/mol. The standard InChI is InChI=1S/C26H26N4O2S/c1-3-18(2)19-11-13-21(14-12-19)30-25(32)22-9-4-5-10-23(22)29-26(30)33-17-24(31)28-16-20-8-6-7-15-27-20/h4-15,18H,3,16-17H2,1-2H3,(H,28,31). The van der Waals surface area contributed by atoms with Gasteiger partial charge in [0.25, 0.3) is 5.56 Å². The molecule has 0 aliphatic rings. The summed E-state index contributed by atoms with van der Waals surface area (Å²) in [5.74, 6) is 0.441. The fraction of sp³-hybridized carbons (Fsp3) is 0.231. The maximum atomic E-state index is 13.4. The Bertz CT molecular complexity index is 1300. The van der Waals surface area contributed by atoms with Gasteiger partial charge in [-0.15, -0.1) is 0 Å². The molecule has 0 fully saturated rings. The molecule has 2 aromatic carbocycles. The Labute approximate surface area is 197 Å². The van der Waals surface area contributed by atoms with E-state index in [1.165, 1.54) is 17.3 Å². The summed E-state index contributed by atoms with van der Waals surface area (Å²) in [6.07, 6.45) is 2.74. The molecule has 1 N–H and O–H groups in total. The lowest BCUT2D eigenvalue weighted by atomic mass is 9.98. The first-order valence-electron chi connectivity index (χ1n) is 11.0. The van der Waals surface area contributed by atoms with Crippen LogP contribution in [0.1, 0.15) is 37.4 Å². The monoisotopic (exact) mass is 458 g/mol. The van der Waals surface area contributed by atoms with Crippen LogP contribution in [0.15, 0.2) is 82.9 Å². The summed E-state index contributed by atoms with van der Waals surface area (Å²) < 4.78 is 1.60. The van der Waals surface area contributed by atoms with Gasteiger partial charge in [0.05, 0.1) is 34.6 Å². The third-order valence-corrected chi connectivity index (χ3v) is 6.54. The first-order chi connectivity index (χ1) is 16.1. The Morgan fingerprint density at radius 3 is 2.55 bits per heavy atom. The van der Waals surface area contributed by atoms with Crippen LogP contribution in [0.2, 0.25) is 0 Å². The summed E-state index contributed by atoms with van der Waals surface area (Å²) in [6, 6.07) is 20.9. The molecule has 33 heavy (non-hydrogen) atoms. The van der Waals surface area contributed by atoms with Gasteiger partial charge in [0, 0.05) is 6.20 Å². The molecule has 7 heteroatoms. The topological polar surface area (TPSA) is 76.9 Å². The number of nitrogens with one attached hydrogen (secondary N) is 1. The van der Waals surface area contributed by atoms with Gasteiger partial charge in [0.1, 0.15) is 0 Å². The molecule has 0 spiro atoms. The molecule has 0 bridgehead atoms. The van der Waals surface area contributed by atoms with Gasteiger partial charge >= 0.3 is 0 Å². The molecule has 2 heterocycles. The van der Waals surface area contributed by atoms with Crippen LogP contribution in [0.4, 0.5) is 0 Å². The van der Waals surface area contributed by atoms with Crippen molar-refractivity contribution in [2.24, 2.45) is 0 Å². The third kappa shape index (κ3) is 5.31. The molecule has 0 saturated carbocycles. The summed E-state index contributed by atoms with van der Waals surface area (Å²) in [6.45, 7) is 4.70. The molecule has 1 unspecified atom stereocenters. The van der Waals surface area contributed by atoms with Gasteiger partial charge < -0.3 is 5.32 Å². The van der Waals surface area contributed by atoms with Crippen LogP contribution < -0.4 is 10.9 Å². The van der Waals surface area contributed by atoms with Crippen molar-refractivity contribution < 1.29 is 4.79 Å². The SMILES string of the molecule is CCC(C)c1ccc(-n2c(SCC(=O)NCc3ccccn3)nc3ccccc3c2=O)cc1. The highest BCUT2D eigenvalue weighted by atomic mass is 32.2. The zero-order chi connectivity index (χ0) is 23.2. The van der Waals surface area contributed by atoms with Crippen molar-refractivity contribution in [3.05, 3.63) is 94.5 Å². The number of rotatable bonds is 8. The number of para-hydroxylation sites is 1. The zero-order valence-electron chi connectivity index (χ0n) is 18.7. The number of thioether (sulfide) groups is 1. The summed E-state index contributed by atoms with van der Waals surface area (Å²) in [7, 11) is 0. The van der Waals surface area contributed by atoms with E-state index in [4.69, 9.17) is 4.98 Å². The molecule has 0 aliphatic heterocycles. The summed E-state index contributed by atoms with van der Waals surface area (Å²) in [5, 5.41) is 3.91. The maximum absolute atomic E-state index is 13.4. The van der Waals surface area contributed by atoms with Gasteiger partial charge in [-0.3, -0.25) is 19.1 Å². The number of nitrogens with zero attached hydrogens (tertiary/aromatic N) is 3. The molecule has 4 rings (SSSR count).